The van der Waals surface area contributed by atoms with Crippen LogP contribution < -0.4 is 11.1 Å². The molecule has 0 saturated heterocycles. The Morgan fingerprint density at radius 1 is 1.50 bits per heavy atom. The van der Waals surface area contributed by atoms with Crippen molar-refractivity contribution >= 4 is 27.5 Å². The SMILES string of the molecule is NC1(C(=O)Nc2cc(Br)ccc2O)CCC1. The first-order valence-corrected chi connectivity index (χ1v) is 5.89. The minimum Gasteiger partial charge on any atom is -0.506 e. The van der Waals surface area contributed by atoms with Gasteiger partial charge in [-0.1, -0.05) is 15.9 Å². The average Bonchev–Trinajstić information content (AvgIpc) is 2.20. The number of nitrogens with one attached hydrogen (secondary N) is 1. The molecule has 86 valence electrons. The number of carbonyl (C=O) groups excluding carboxylic acids is 1. The van der Waals surface area contributed by atoms with Gasteiger partial charge in [0.1, 0.15) is 5.75 Å². The van der Waals surface area contributed by atoms with Gasteiger partial charge >= 0.3 is 0 Å². The summed E-state index contributed by atoms with van der Waals surface area (Å²) in [5, 5.41) is 12.2. The van der Waals surface area contributed by atoms with Crippen LogP contribution in [0, 0.1) is 0 Å². The van der Waals surface area contributed by atoms with Crippen LogP contribution in [-0.2, 0) is 4.79 Å². The molecule has 1 aliphatic rings. The highest BCUT2D eigenvalue weighted by molar-refractivity contribution is 9.10. The fourth-order valence-electron chi connectivity index (χ4n) is 1.64. The molecule has 0 spiro atoms. The first-order chi connectivity index (χ1) is 7.51. The largest absolute Gasteiger partial charge is 0.506 e. The molecule has 4 N–H and O–H groups in total. The van der Waals surface area contributed by atoms with E-state index in [1.54, 1.807) is 12.1 Å². The van der Waals surface area contributed by atoms with E-state index in [2.05, 4.69) is 21.2 Å². The molecule has 0 bridgehead atoms. The number of hydrogen-bond donors (Lipinski definition) is 3. The van der Waals surface area contributed by atoms with Crippen LogP contribution in [-0.4, -0.2) is 16.6 Å². The quantitative estimate of drug-likeness (QED) is 0.727. The van der Waals surface area contributed by atoms with Crippen LogP contribution in [0.3, 0.4) is 0 Å². The lowest BCUT2D eigenvalue weighted by atomic mass is 9.77. The Morgan fingerprint density at radius 3 is 2.75 bits per heavy atom. The summed E-state index contributed by atoms with van der Waals surface area (Å²) in [4.78, 5) is 11.8. The number of phenolic OH excluding ortho intramolecular Hbond substituents is 1. The van der Waals surface area contributed by atoms with Crippen molar-refractivity contribution in [3.63, 3.8) is 0 Å². The Morgan fingerprint density at radius 2 is 2.19 bits per heavy atom. The molecular formula is C11H13BrN2O2. The Bertz CT molecular complexity index is 430. The van der Waals surface area contributed by atoms with E-state index in [0.717, 1.165) is 10.9 Å². The molecule has 0 aliphatic heterocycles. The third kappa shape index (κ3) is 2.05. The van der Waals surface area contributed by atoms with E-state index in [9.17, 15) is 9.90 Å². The Kier molecular flexibility index (Phi) is 2.90. The zero-order valence-corrected chi connectivity index (χ0v) is 10.3. The van der Waals surface area contributed by atoms with Gasteiger partial charge in [0.2, 0.25) is 5.91 Å². The predicted molar refractivity (Wildman–Crippen MR) is 65.2 cm³/mol. The number of nitrogens with two attached hydrogens (primary N) is 1. The molecular weight excluding hydrogens is 272 g/mol. The number of hydrogen-bond acceptors (Lipinski definition) is 3. The zero-order valence-electron chi connectivity index (χ0n) is 8.66. The van der Waals surface area contributed by atoms with E-state index >= 15 is 0 Å². The molecule has 1 saturated carbocycles. The fraction of sp³-hybridized carbons (Fsp3) is 0.364. The maximum Gasteiger partial charge on any atom is 0.244 e. The minimum absolute atomic E-state index is 0.0412. The molecule has 0 heterocycles. The van der Waals surface area contributed by atoms with Crippen LogP contribution in [0.25, 0.3) is 0 Å². The molecule has 1 aromatic rings. The Balaban J connectivity index is 2.14. The van der Waals surface area contributed by atoms with Gasteiger partial charge in [0, 0.05) is 4.47 Å². The smallest absolute Gasteiger partial charge is 0.244 e. The second kappa shape index (κ2) is 4.07. The van der Waals surface area contributed by atoms with Gasteiger partial charge in [0.15, 0.2) is 0 Å². The molecule has 1 aliphatic carbocycles. The van der Waals surface area contributed by atoms with Crippen LogP contribution in [0.1, 0.15) is 19.3 Å². The summed E-state index contributed by atoms with van der Waals surface area (Å²) >= 11 is 3.27. The van der Waals surface area contributed by atoms with Crippen molar-refractivity contribution in [2.75, 3.05) is 5.32 Å². The van der Waals surface area contributed by atoms with Crippen molar-refractivity contribution in [2.24, 2.45) is 5.73 Å². The number of benzene rings is 1. The average molecular weight is 285 g/mol. The van der Waals surface area contributed by atoms with E-state index < -0.39 is 5.54 Å². The van der Waals surface area contributed by atoms with Crippen LogP contribution >= 0.6 is 15.9 Å². The number of carbonyl (C=O) groups is 1. The van der Waals surface area contributed by atoms with Crippen LogP contribution in [0.15, 0.2) is 22.7 Å². The summed E-state index contributed by atoms with van der Waals surface area (Å²) in [6.07, 6.45) is 2.38. The first kappa shape index (κ1) is 11.4. The predicted octanol–water partition coefficient (Wildman–Crippen LogP) is 1.97. The van der Waals surface area contributed by atoms with E-state index in [-0.39, 0.29) is 11.7 Å². The van der Waals surface area contributed by atoms with Gasteiger partial charge in [-0.3, -0.25) is 4.79 Å². The van der Waals surface area contributed by atoms with Crippen molar-refractivity contribution < 1.29 is 9.90 Å². The van der Waals surface area contributed by atoms with Crippen LogP contribution in [0.5, 0.6) is 5.75 Å². The van der Waals surface area contributed by atoms with Gasteiger partial charge in [-0.2, -0.15) is 0 Å². The monoisotopic (exact) mass is 284 g/mol. The van der Waals surface area contributed by atoms with Gasteiger partial charge in [-0.05, 0) is 37.5 Å². The molecule has 1 amide bonds. The maximum atomic E-state index is 11.8. The van der Waals surface area contributed by atoms with Crippen molar-refractivity contribution in [2.45, 2.75) is 24.8 Å². The lowest BCUT2D eigenvalue weighted by Crippen LogP contribution is -2.56. The van der Waals surface area contributed by atoms with E-state index in [4.69, 9.17) is 5.73 Å². The number of phenols is 1. The zero-order chi connectivity index (χ0) is 11.8. The van der Waals surface area contributed by atoms with Crippen molar-refractivity contribution in [3.05, 3.63) is 22.7 Å². The first-order valence-electron chi connectivity index (χ1n) is 5.10. The number of rotatable bonds is 2. The van der Waals surface area contributed by atoms with Crippen LogP contribution in [0.4, 0.5) is 5.69 Å². The standard InChI is InChI=1S/C11H13BrN2O2/c12-7-2-3-9(15)8(6-7)14-10(16)11(13)4-1-5-11/h2-3,6,15H,1,4-5,13H2,(H,14,16). The molecule has 1 aromatic carbocycles. The van der Waals surface area contributed by atoms with Gasteiger partial charge in [-0.25, -0.2) is 0 Å². The fourth-order valence-corrected chi connectivity index (χ4v) is 2.00. The Labute approximate surface area is 102 Å². The third-order valence-corrected chi connectivity index (χ3v) is 3.40. The van der Waals surface area contributed by atoms with Crippen molar-refractivity contribution in [1.29, 1.82) is 0 Å². The van der Waals surface area contributed by atoms with Gasteiger partial charge in [0.05, 0.1) is 11.2 Å². The van der Waals surface area contributed by atoms with Crippen molar-refractivity contribution in [3.8, 4) is 5.75 Å². The minimum atomic E-state index is -0.755. The Hall–Kier alpha value is -1.07. The summed E-state index contributed by atoms with van der Waals surface area (Å²) in [6.45, 7) is 0. The molecule has 2 rings (SSSR count). The van der Waals surface area contributed by atoms with E-state index in [1.807, 2.05) is 0 Å². The second-order valence-electron chi connectivity index (χ2n) is 4.13. The summed E-state index contributed by atoms with van der Waals surface area (Å²) in [5.74, 6) is -0.188. The number of amides is 1. The molecule has 0 aromatic heterocycles. The van der Waals surface area contributed by atoms with Gasteiger partial charge in [0.25, 0.3) is 0 Å². The topological polar surface area (TPSA) is 75.4 Å². The normalized spacial score (nSPS) is 17.6. The van der Waals surface area contributed by atoms with E-state index in [0.29, 0.717) is 18.5 Å². The maximum absolute atomic E-state index is 11.8. The molecule has 1 fully saturated rings. The van der Waals surface area contributed by atoms with E-state index in [1.165, 1.54) is 6.07 Å². The van der Waals surface area contributed by atoms with Gasteiger partial charge in [-0.15, -0.1) is 0 Å². The van der Waals surface area contributed by atoms with Crippen LogP contribution in [0.2, 0.25) is 0 Å². The molecule has 0 radical (unpaired) electrons. The molecule has 0 atom stereocenters. The van der Waals surface area contributed by atoms with Gasteiger partial charge < -0.3 is 16.2 Å². The molecule has 5 heteroatoms. The summed E-state index contributed by atoms with van der Waals surface area (Å²) < 4.78 is 0.792. The lowest BCUT2D eigenvalue weighted by molar-refractivity contribution is -0.123. The highest BCUT2D eigenvalue weighted by Gasteiger charge is 2.40. The molecule has 0 unspecified atom stereocenters. The number of aromatic hydroxyl groups is 1. The number of anilines is 1. The summed E-state index contributed by atoms with van der Waals surface area (Å²) in [5.41, 5.74) is 5.51. The molecule has 16 heavy (non-hydrogen) atoms. The third-order valence-electron chi connectivity index (χ3n) is 2.90. The molecule has 4 nitrogen and oxygen atoms in total. The highest BCUT2D eigenvalue weighted by atomic mass is 79.9. The van der Waals surface area contributed by atoms with Crippen molar-refractivity contribution in [1.82, 2.24) is 0 Å². The highest BCUT2D eigenvalue weighted by Crippen LogP contribution is 2.32. The summed E-state index contributed by atoms with van der Waals surface area (Å²) in [7, 11) is 0. The lowest BCUT2D eigenvalue weighted by Gasteiger charge is -2.36. The summed E-state index contributed by atoms with van der Waals surface area (Å²) in [6, 6.07) is 4.87. The number of halogens is 1. The second-order valence-corrected chi connectivity index (χ2v) is 5.04.